The molecular weight excluding hydrogens is 441 g/mol. The molecule has 0 aliphatic heterocycles. The highest BCUT2D eigenvalue weighted by Crippen LogP contribution is 2.29. The monoisotopic (exact) mass is 464 g/mol. The zero-order chi connectivity index (χ0) is 24.1. The lowest BCUT2D eigenvalue weighted by atomic mass is 10.1. The van der Waals surface area contributed by atoms with Crippen LogP contribution in [0.15, 0.2) is 66.9 Å². The molecule has 0 saturated heterocycles. The normalized spacial score (nSPS) is 11.6. The SMILES string of the molecule is CC(C)CCc1nc(Nc2ccnc(-c3ccccc3)c2)nc(-c2cccc(C(F)(F)F)n2)n1. The minimum absolute atomic E-state index is 0.0331. The van der Waals surface area contributed by atoms with Crippen LogP contribution in [0.3, 0.4) is 0 Å². The van der Waals surface area contributed by atoms with E-state index in [0.717, 1.165) is 23.7 Å². The van der Waals surface area contributed by atoms with E-state index >= 15 is 0 Å². The molecule has 0 saturated carbocycles. The summed E-state index contributed by atoms with van der Waals surface area (Å²) in [6.45, 7) is 4.16. The molecule has 0 bridgehead atoms. The number of aryl methyl sites for hydroxylation is 1. The second kappa shape index (κ2) is 9.94. The van der Waals surface area contributed by atoms with E-state index in [-0.39, 0.29) is 17.5 Å². The predicted molar refractivity (Wildman–Crippen MR) is 124 cm³/mol. The quantitative estimate of drug-likeness (QED) is 0.344. The Morgan fingerprint density at radius 3 is 2.38 bits per heavy atom. The fraction of sp³-hybridized carbons (Fsp3) is 0.240. The van der Waals surface area contributed by atoms with E-state index in [1.165, 1.54) is 12.1 Å². The average Bonchev–Trinajstić information content (AvgIpc) is 2.83. The van der Waals surface area contributed by atoms with Gasteiger partial charge in [0.2, 0.25) is 5.95 Å². The summed E-state index contributed by atoms with van der Waals surface area (Å²) in [5, 5.41) is 3.14. The molecule has 1 N–H and O–H groups in total. The van der Waals surface area contributed by atoms with Crippen LogP contribution in [0.25, 0.3) is 22.8 Å². The largest absolute Gasteiger partial charge is 0.433 e. The maximum absolute atomic E-state index is 13.2. The van der Waals surface area contributed by atoms with Crippen LogP contribution in [-0.4, -0.2) is 24.9 Å². The Bertz CT molecular complexity index is 1260. The number of alkyl halides is 3. The van der Waals surface area contributed by atoms with E-state index in [1.54, 1.807) is 12.3 Å². The van der Waals surface area contributed by atoms with Crippen molar-refractivity contribution in [3.05, 3.63) is 78.4 Å². The van der Waals surface area contributed by atoms with Crippen molar-refractivity contribution in [2.45, 2.75) is 32.9 Å². The zero-order valence-corrected chi connectivity index (χ0v) is 18.7. The van der Waals surface area contributed by atoms with Crippen LogP contribution in [0.2, 0.25) is 0 Å². The summed E-state index contributed by atoms with van der Waals surface area (Å²) in [5.41, 5.74) is 1.45. The molecule has 3 heterocycles. The zero-order valence-electron chi connectivity index (χ0n) is 18.7. The summed E-state index contributed by atoms with van der Waals surface area (Å²) < 4.78 is 39.5. The lowest BCUT2D eigenvalue weighted by molar-refractivity contribution is -0.141. The van der Waals surface area contributed by atoms with Crippen LogP contribution in [0.5, 0.6) is 0 Å². The van der Waals surface area contributed by atoms with Gasteiger partial charge in [-0.15, -0.1) is 0 Å². The highest BCUT2D eigenvalue weighted by atomic mass is 19.4. The summed E-state index contributed by atoms with van der Waals surface area (Å²) >= 11 is 0. The lowest BCUT2D eigenvalue weighted by Crippen LogP contribution is -2.10. The van der Waals surface area contributed by atoms with Gasteiger partial charge in [0.25, 0.3) is 0 Å². The van der Waals surface area contributed by atoms with Gasteiger partial charge in [-0.1, -0.05) is 50.2 Å². The smallest absolute Gasteiger partial charge is 0.324 e. The second-order valence-electron chi connectivity index (χ2n) is 8.16. The van der Waals surface area contributed by atoms with Crippen molar-refractivity contribution in [1.29, 1.82) is 0 Å². The number of hydrogen-bond acceptors (Lipinski definition) is 6. The van der Waals surface area contributed by atoms with E-state index < -0.39 is 11.9 Å². The van der Waals surface area contributed by atoms with Gasteiger partial charge in [0.05, 0.1) is 5.69 Å². The van der Waals surface area contributed by atoms with E-state index in [2.05, 4.69) is 44.1 Å². The van der Waals surface area contributed by atoms with Gasteiger partial charge in [0.1, 0.15) is 17.2 Å². The molecule has 0 amide bonds. The first-order valence-electron chi connectivity index (χ1n) is 10.9. The minimum Gasteiger partial charge on any atom is -0.324 e. The highest BCUT2D eigenvalue weighted by molar-refractivity contribution is 5.66. The third kappa shape index (κ3) is 5.92. The van der Waals surface area contributed by atoms with Crippen molar-refractivity contribution in [2.75, 3.05) is 5.32 Å². The maximum atomic E-state index is 13.2. The molecule has 0 spiro atoms. The molecule has 0 radical (unpaired) electrons. The fourth-order valence-corrected chi connectivity index (χ4v) is 3.24. The average molecular weight is 464 g/mol. The van der Waals surface area contributed by atoms with Crippen LogP contribution >= 0.6 is 0 Å². The van der Waals surface area contributed by atoms with Crippen LogP contribution in [0, 0.1) is 5.92 Å². The van der Waals surface area contributed by atoms with Crippen LogP contribution in [-0.2, 0) is 12.6 Å². The number of hydrogen-bond donors (Lipinski definition) is 1. The Balaban J connectivity index is 1.69. The maximum Gasteiger partial charge on any atom is 0.433 e. The van der Waals surface area contributed by atoms with Crippen LogP contribution in [0.1, 0.15) is 31.8 Å². The van der Waals surface area contributed by atoms with E-state index in [1.807, 2.05) is 36.4 Å². The van der Waals surface area contributed by atoms with Crippen molar-refractivity contribution in [3.63, 3.8) is 0 Å². The molecule has 0 fully saturated rings. The molecular formula is C25H23F3N6. The first-order chi connectivity index (χ1) is 16.3. The van der Waals surface area contributed by atoms with Crippen LogP contribution in [0.4, 0.5) is 24.8 Å². The molecule has 1 aromatic carbocycles. The summed E-state index contributed by atoms with van der Waals surface area (Å²) in [7, 11) is 0. The number of anilines is 2. The van der Waals surface area contributed by atoms with E-state index in [0.29, 0.717) is 23.9 Å². The van der Waals surface area contributed by atoms with Crippen molar-refractivity contribution < 1.29 is 13.2 Å². The molecule has 0 atom stereocenters. The van der Waals surface area contributed by atoms with Gasteiger partial charge in [-0.3, -0.25) is 4.98 Å². The first kappa shape index (κ1) is 23.3. The summed E-state index contributed by atoms with van der Waals surface area (Å²) in [6, 6.07) is 17.0. The van der Waals surface area contributed by atoms with Gasteiger partial charge in [-0.25, -0.2) is 9.97 Å². The summed E-state index contributed by atoms with van der Waals surface area (Å²) in [6.07, 6.45) is -1.50. The number of benzene rings is 1. The molecule has 0 aliphatic carbocycles. The van der Waals surface area contributed by atoms with E-state index in [4.69, 9.17) is 0 Å². The Kier molecular flexibility index (Phi) is 6.81. The number of halogens is 3. The molecule has 0 aliphatic rings. The Labute approximate surface area is 195 Å². The van der Waals surface area contributed by atoms with Gasteiger partial charge >= 0.3 is 6.18 Å². The van der Waals surface area contributed by atoms with Gasteiger partial charge < -0.3 is 5.32 Å². The standard InChI is InChI=1S/C25H23F3N6/c1-16(2)11-12-22-32-23(19-9-6-10-21(31-19)25(26,27)28)34-24(33-22)30-18-13-14-29-20(15-18)17-7-4-3-5-8-17/h3-10,13-16H,11-12H2,1-2H3,(H,29,30,32,33,34). The number of nitrogens with one attached hydrogen (secondary N) is 1. The third-order valence-corrected chi connectivity index (χ3v) is 4.98. The molecule has 4 aromatic rings. The third-order valence-electron chi connectivity index (χ3n) is 4.98. The van der Waals surface area contributed by atoms with Gasteiger partial charge in [-0.2, -0.15) is 23.1 Å². The molecule has 4 rings (SSSR count). The Morgan fingerprint density at radius 1 is 0.853 bits per heavy atom. The number of aromatic nitrogens is 5. The Morgan fingerprint density at radius 2 is 1.65 bits per heavy atom. The van der Waals surface area contributed by atoms with Gasteiger partial charge in [0.15, 0.2) is 5.82 Å². The lowest BCUT2D eigenvalue weighted by Gasteiger charge is -2.11. The topological polar surface area (TPSA) is 76.5 Å². The van der Waals surface area contributed by atoms with Crippen molar-refractivity contribution >= 4 is 11.6 Å². The number of nitrogens with zero attached hydrogens (tertiary/aromatic N) is 5. The molecule has 174 valence electrons. The van der Waals surface area contributed by atoms with Crippen molar-refractivity contribution in [1.82, 2.24) is 24.9 Å². The molecule has 0 unspecified atom stereocenters. The molecule has 34 heavy (non-hydrogen) atoms. The fourth-order valence-electron chi connectivity index (χ4n) is 3.24. The number of rotatable bonds is 7. The molecule has 6 nitrogen and oxygen atoms in total. The summed E-state index contributed by atoms with van der Waals surface area (Å²) in [4.78, 5) is 21.4. The van der Waals surface area contributed by atoms with Crippen LogP contribution < -0.4 is 5.32 Å². The number of pyridine rings is 2. The minimum atomic E-state index is -4.56. The molecule has 9 heteroatoms. The first-order valence-corrected chi connectivity index (χ1v) is 10.9. The summed E-state index contributed by atoms with van der Waals surface area (Å²) in [5.74, 6) is 1.21. The Hall–Kier alpha value is -3.88. The van der Waals surface area contributed by atoms with Gasteiger partial charge in [0, 0.05) is 23.9 Å². The van der Waals surface area contributed by atoms with Crippen molar-refractivity contribution in [2.24, 2.45) is 5.92 Å². The van der Waals surface area contributed by atoms with Crippen molar-refractivity contribution in [3.8, 4) is 22.8 Å². The van der Waals surface area contributed by atoms with Gasteiger partial charge in [-0.05, 0) is 36.6 Å². The van der Waals surface area contributed by atoms with E-state index in [9.17, 15) is 13.2 Å². The highest BCUT2D eigenvalue weighted by Gasteiger charge is 2.32. The second-order valence-corrected chi connectivity index (χ2v) is 8.16. The molecule has 3 aromatic heterocycles. The predicted octanol–water partition coefficient (Wildman–Crippen LogP) is 6.35.